The molecule has 0 aromatic heterocycles. The van der Waals surface area contributed by atoms with Crippen molar-refractivity contribution in [2.75, 3.05) is 5.32 Å². The lowest BCUT2D eigenvalue weighted by atomic mass is 10.1. The maximum atomic E-state index is 11.4. The third kappa shape index (κ3) is 3.71. The monoisotopic (exact) mass is 270 g/mol. The van der Waals surface area contributed by atoms with E-state index in [2.05, 4.69) is 19.2 Å². The number of rotatable bonds is 5. The molecule has 3 N–H and O–H groups in total. The van der Waals surface area contributed by atoms with E-state index in [1.54, 1.807) is 12.1 Å². The molecule has 5 heteroatoms. The van der Waals surface area contributed by atoms with E-state index in [0.29, 0.717) is 6.04 Å². The summed E-state index contributed by atoms with van der Waals surface area (Å²) in [5, 5.41) is 8.52. The van der Waals surface area contributed by atoms with Gasteiger partial charge in [0.2, 0.25) is 10.0 Å². The number of nitrogens with one attached hydrogen (secondary N) is 1. The van der Waals surface area contributed by atoms with Crippen LogP contribution in [0.2, 0.25) is 0 Å². The van der Waals surface area contributed by atoms with Crippen molar-refractivity contribution < 1.29 is 8.42 Å². The lowest BCUT2D eigenvalue weighted by molar-refractivity contribution is 0.597. The number of anilines is 1. The molecule has 0 fully saturated rings. The van der Waals surface area contributed by atoms with Crippen molar-refractivity contribution in [2.45, 2.75) is 51.5 Å². The Labute approximate surface area is 110 Å². The molecule has 102 valence electrons. The molecule has 4 nitrogen and oxygen atoms in total. The maximum absolute atomic E-state index is 11.4. The van der Waals surface area contributed by atoms with Crippen molar-refractivity contribution in [3.05, 3.63) is 23.3 Å². The first kappa shape index (κ1) is 15.0. The number of nitrogens with two attached hydrogens (primary N) is 1. The van der Waals surface area contributed by atoms with E-state index in [1.165, 1.54) is 0 Å². The summed E-state index contributed by atoms with van der Waals surface area (Å²) in [4.78, 5) is 0.164. The summed E-state index contributed by atoms with van der Waals surface area (Å²) in [6, 6.07) is 3.54. The molecule has 0 radical (unpaired) electrons. The van der Waals surface area contributed by atoms with Gasteiger partial charge in [-0.05, 0) is 50.5 Å². The molecule has 0 heterocycles. The molecule has 1 unspecified atom stereocenters. The van der Waals surface area contributed by atoms with E-state index < -0.39 is 10.0 Å². The van der Waals surface area contributed by atoms with Crippen molar-refractivity contribution in [3.63, 3.8) is 0 Å². The zero-order valence-electron chi connectivity index (χ0n) is 11.4. The van der Waals surface area contributed by atoms with Crippen LogP contribution in [0.25, 0.3) is 0 Å². The minimum Gasteiger partial charge on any atom is -0.382 e. The highest BCUT2D eigenvalue weighted by atomic mass is 32.2. The van der Waals surface area contributed by atoms with Crippen LogP contribution in [0.1, 0.15) is 37.8 Å². The summed E-state index contributed by atoms with van der Waals surface area (Å²) < 4.78 is 22.8. The van der Waals surface area contributed by atoms with Crippen molar-refractivity contribution in [3.8, 4) is 0 Å². The third-order valence-corrected chi connectivity index (χ3v) is 3.99. The number of sulfonamides is 1. The largest absolute Gasteiger partial charge is 0.382 e. The fraction of sp³-hybridized carbons (Fsp3) is 0.538. The molecule has 0 spiro atoms. The first-order chi connectivity index (χ1) is 8.25. The molecule has 18 heavy (non-hydrogen) atoms. The van der Waals surface area contributed by atoms with Crippen LogP contribution < -0.4 is 10.5 Å². The van der Waals surface area contributed by atoms with E-state index in [-0.39, 0.29) is 4.90 Å². The summed E-state index contributed by atoms with van der Waals surface area (Å²) in [5.41, 5.74) is 2.83. The van der Waals surface area contributed by atoms with Crippen LogP contribution in [0.15, 0.2) is 17.0 Å². The molecular formula is C13H22N2O2S. The van der Waals surface area contributed by atoms with Gasteiger partial charge < -0.3 is 5.32 Å². The topological polar surface area (TPSA) is 72.2 Å². The predicted octanol–water partition coefficient (Wildman–Crippen LogP) is 2.55. The average molecular weight is 270 g/mol. The van der Waals surface area contributed by atoms with Crippen LogP contribution in [-0.2, 0) is 10.0 Å². The SMILES string of the molecule is CCCC(C)Nc1cc(S(N)(=O)=O)cc(C)c1C. The fourth-order valence-corrected chi connectivity index (χ4v) is 2.53. The van der Waals surface area contributed by atoms with Gasteiger partial charge in [0.15, 0.2) is 0 Å². The number of aryl methyl sites for hydroxylation is 1. The van der Waals surface area contributed by atoms with Gasteiger partial charge in [0.05, 0.1) is 4.90 Å². The summed E-state index contributed by atoms with van der Waals surface area (Å²) in [6.07, 6.45) is 2.12. The molecule has 0 saturated carbocycles. The summed E-state index contributed by atoms with van der Waals surface area (Å²) in [7, 11) is -3.65. The predicted molar refractivity (Wildman–Crippen MR) is 75.3 cm³/mol. The second kappa shape index (κ2) is 5.71. The van der Waals surface area contributed by atoms with Crippen LogP contribution in [-0.4, -0.2) is 14.5 Å². The molecule has 1 aromatic carbocycles. The minimum atomic E-state index is -3.65. The molecule has 0 amide bonds. The highest BCUT2D eigenvalue weighted by Gasteiger charge is 2.13. The first-order valence-electron chi connectivity index (χ1n) is 6.16. The standard InChI is InChI=1S/C13H22N2O2S/c1-5-6-10(3)15-13-8-12(18(14,16)17)7-9(2)11(13)4/h7-8,10,15H,5-6H2,1-4H3,(H2,14,16,17). The molecule has 0 aliphatic rings. The van der Waals surface area contributed by atoms with Crippen LogP contribution >= 0.6 is 0 Å². The maximum Gasteiger partial charge on any atom is 0.238 e. The smallest absolute Gasteiger partial charge is 0.238 e. The van der Waals surface area contributed by atoms with Gasteiger partial charge >= 0.3 is 0 Å². The molecule has 0 aliphatic heterocycles. The highest BCUT2D eigenvalue weighted by Crippen LogP contribution is 2.24. The molecular weight excluding hydrogens is 248 g/mol. The lowest BCUT2D eigenvalue weighted by Crippen LogP contribution is -2.17. The second-order valence-corrected chi connectivity index (χ2v) is 6.35. The van der Waals surface area contributed by atoms with Gasteiger partial charge in [-0.2, -0.15) is 0 Å². The quantitative estimate of drug-likeness (QED) is 0.863. The molecule has 1 aromatic rings. The fourth-order valence-electron chi connectivity index (χ4n) is 1.91. The van der Waals surface area contributed by atoms with E-state index in [1.807, 2.05) is 13.8 Å². The van der Waals surface area contributed by atoms with E-state index >= 15 is 0 Å². The number of hydrogen-bond donors (Lipinski definition) is 2. The van der Waals surface area contributed by atoms with Gasteiger partial charge in [-0.15, -0.1) is 0 Å². The highest BCUT2D eigenvalue weighted by molar-refractivity contribution is 7.89. The lowest BCUT2D eigenvalue weighted by Gasteiger charge is -2.18. The number of hydrogen-bond acceptors (Lipinski definition) is 3. The molecule has 1 atom stereocenters. The Hall–Kier alpha value is -1.07. The van der Waals surface area contributed by atoms with E-state index in [4.69, 9.17) is 5.14 Å². The Morgan fingerprint density at radius 1 is 1.33 bits per heavy atom. The van der Waals surface area contributed by atoms with Crippen molar-refractivity contribution in [1.82, 2.24) is 0 Å². The Bertz CT molecular complexity index is 524. The van der Waals surface area contributed by atoms with Gasteiger partial charge in [0.25, 0.3) is 0 Å². The van der Waals surface area contributed by atoms with Gasteiger partial charge in [0.1, 0.15) is 0 Å². The average Bonchev–Trinajstić information content (AvgIpc) is 2.23. The van der Waals surface area contributed by atoms with Crippen LogP contribution in [0.4, 0.5) is 5.69 Å². The Balaban J connectivity index is 3.15. The molecule has 0 saturated heterocycles. The van der Waals surface area contributed by atoms with Crippen LogP contribution in [0, 0.1) is 13.8 Å². The summed E-state index contributed by atoms with van der Waals surface area (Å²) in [6.45, 7) is 8.07. The number of benzene rings is 1. The van der Waals surface area contributed by atoms with Gasteiger partial charge in [-0.25, -0.2) is 13.6 Å². The molecule has 0 aliphatic carbocycles. The minimum absolute atomic E-state index is 0.164. The Kier molecular flexibility index (Phi) is 4.76. The Morgan fingerprint density at radius 3 is 2.44 bits per heavy atom. The third-order valence-electron chi connectivity index (χ3n) is 3.09. The van der Waals surface area contributed by atoms with Crippen molar-refractivity contribution in [1.29, 1.82) is 0 Å². The van der Waals surface area contributed by atoms with Gasteiger partial charge in [-0.3, -0.25) is 0 Å². The second-order valence-electron chi connectivity index (χ2n) is 4.79. The van der Waals surface area contributed by atoms with Crippen molar-refractivity contribution in [2.24, 2.45) is 5.14 Å². The first-order valence-corrected chi connectivity index (χ1v) is 7.71. The van der Waals surface area contributed by atoms with Gasteiger partial charge in [-0.1, -0.05) is 13.3 Å². The Morgan fingerprint density at radius 2 is 1.94 bits per heavy atom. The van der Waals surface area contributed by atoms with E-state index in [9.17, 15) is 8.42 Å². The zero-order chi connectivity index (χ0) is 13.9. The van der Waals surface area contributed by atoms with Gasteiger partial charge in [0, 0.05) is 11.7 Å². The zero-order valence-corrected chi connectivity index (χ0v) is 12.3. The molecule has 1 rings (SSSR count). The molecule has 0 bridgehead atoms. The normalized spacial score (nSPS) is 13.4. The summed E-state index contributed by atoms with van der Waals surface area (Å²) in [5.74, 6) is 0. The van der Waals surface area contributed by atoms with Crippen LogP contribution in [0.3, 0.4) is 0 Å². The van der Waals surface area contributed by atoms with Crippen molar-refractivity contribution >= 4 is 15.7 Å². The van der Waals surface area contributed by atoms with Crippen LogP contribution in [0.5, 0.6) is 0 Å². The summed E-state index contributed by atoms with van der Waals surface area (Å²) >= 11 is 0. The van der Waals surface area contributed by atoms with E-state index in [0.717, 1.165) is 29.7 Å². The number of primary sulfonamides is 1.